The second-order valence-corrected chi connectivity index (χ2v) is 3.91. The monoisotopic (exact) mass is 275 g/mol. The number of ether oxygens (including phenoxy) is 2. The number of hydrogen-bond acceptors (Lipinski definition) is 6. The van der Waals surface area contributed by atoms with Crippen molar-refractivity contribution in [1.29, 1.82) is 0 Å². The average Bonchev–Trinajstić information content (AvgIpc) is 2.24. The number of rotatable bonds is 6. The Labute approximate surface area is 109 Å². The minimum atomic E-state index is -0.589. The maximum atomic E-state index is 10.9. The van der Waals surface area contributed by atoms with Crippen molar-refractivity contribution in [1.82, 2.24) is 9.97 Å². The molecule has 0 saturated heterocycles. The normalized spacial score (nSPS) is 12.2. The van der Waals surface area contributed by atoms with Gasteiger partial charge in [0.25, 0.3) is 5.88 Å². The van der Waals surface area contributed by atoms with Crippen LogP contribution in [0.15, 0.2) is 0 Å². The van der Waals surface area contributed by atoms with Gasteiger partial charge in [0, 0.05) is 6.61 Å². The first-order chi connectivity index (χ1) is 8.45. The summed E-state index contributed by atoms with van der Waals surface area (Å²) in [5, 5.41) is 10.8. The Hall–Kier alpha value is -1.47. The highest BCUT2D eigenvalue weighted by Crippen LogP contribution is 2.29. The van der Waals surface area contributed by atoms with Crippen molar-refractivity contribution in [3.8, 4) is 5.88 Å². The van der Waals surface area contributed by atoms with E-state index in [4.69, 9.17) is 21.1 Å². The Morgan fingerprint density at radius 2 is 2.17 bits per heavy atom. The molecule has 7 nitrogen and oxygen atoms in total. The van der Waals surface area contributed by atoms with E-state index in [1.165, 1.54) is 6.92 Å². The smallest absolute Gasteiger partial charge is 0.352 e. The minimum absolute atomic E-state index is 0.0864. The molecule has 18 heavy (non-hydrogen) atoms. The molecule has 0 aliphatic rings. The predicted octanol–water partition coefficient (Wildman–Crippen LogP) is 2.15. The van der Waals surface area contributed by atoms with Crippen LogP contribution in [0.4, 0.5) is 5.69 Å². The Balaban J connectivity index is 2.96. The summed E-state index contributed by atoms with van der Waals surface area (Å²) in [6.45, 7) is 5.91. The molecule has 0 aliphatic heterocycles. The van der Waals surface area contributed by atoms with E-state index in [0.717, 1.165) is 0 Å². The van der Waals surface area contributed by atoms with E-state index in [2.05, 4.69) is 9.97 Å². The van der Waals surface area contributed by atoms with Crippen LogP contribution in [0.2, 0.25) is 5.28 Å². The van der Waals surface area contributed by atoms with Crippen molar-refractivity contribution in [2.24, 2.45) is 0 Å². The fourth-order valence-electron chi connectivity index (χ4n) is 1.31. The first-order valence-electron chi connectivity index (χ1n) is 5.38. The van der Waals surface area contributed by atoms with Crippen LogP contribution in [-0.4, -0.2) is 34.2 Å². The van der Waals surface area contributed by atoms with E-state index in [1.807, 2.05) is 6.92 Å². The van der Waals surface area contributed by atoms with Crippen LogP contribution < -0.4 is 4.74 Å². The lowest BCUT2D eigenvalue weighted by atomic mass is 10.3. The van der Waals surface area contributed by atoms with Gasteiger partial charge in [0.2, 0.25) is 5.28 Å². The number of nitro groups is 1. The van der Waals surface area contributed by atoms with Gasteiger partial charge in [0.15, 0.2) is 0 Å². The van der Waals surface area contributed by atoms with Gasteiger partial charge in [-0.25, -0.2) is 4.98 Å². The van der Waals surface area contributed by atoms with E-state index in [-0.39, 0.29) is 28.6 Å². The van der Waals surface area contributed by atoms with Crippen LogP contribution in [-0.2, 0) is 4.74 Å². The van der Waals surface area contributed by atoms with Gasteiger partial charge in [-0.15, -0.1) is 0 Å². The van der Waals surface area contributed by atoms with Gasteiger partial charge in [0.1, 0.15) is 11.8 Å². The summed E-state index contributed by atoms with van der Waals surface area (Å²) >= 11 is 5.66. The molecule has 0 fully saturated rings. The number of aryl methyl sites for hydroxylation is 1. The molecule has 0 N–H and O–H groups in total. The Morgan fingerprint density at radius 3 is 2.72 bits per heavy atom. The van der Waals surface area contributed by atoms with Gasteiger partial charge in [-0.2, -0.15) is 4.98 Å². The standard InChI is InChI=1S/C10H14ClN3O4/c1-4-17-5-6(2)18-9-8(14(15)16)7(3)12-10(11)13-9/h6H,4-5H2,1-3H3. The van der Waals surface area contributed by atoms with Crippen LogP contribution in [0.1, 0.15) is 19.5 Å². The van der Waals surface area contributed by atoms with E-state index in [0.29, 0.717) is 13.2 Å². The molecule has 1 unspecified atom stereocenters. The predicted molar refractivity (Wildman–Crippen MR) is 65.0 cm³/mol. The van der Waals surface area contributed by atoms with Crippen molar-refractivity contribution in [3.05, 3.63) is 21.1 Å². The molecule has 1 aromatic rings. The van der Waals surface area contributed by atoms with Crippen molar-refractivity contribution in [2.45, 2.75) is 26.9 Å². The van der Waals surface area contributed by atoms with E-state index in [9.17, 15) is 10.1 Å². The summed E-state index contributed by atoms with van der Waals surface area (Å²) in [6.07, 6.45) is -0.367. The van der Waals surface area contributed by atoms with Crippen LogP contribution in [0, 0.1) is 17.0 Å². The summed E-state index contributed by atoms with van der Waals surface area (Å²) in [7, 11) is 0. The third-order valence-electron chi connectivity index (χ3n) is 2.05. The van der Waals surface area contributed by atoms with Gasteiger partial charge in [-0.3, -0.25) is 10.1 Å². The number of hydrogen-bond donors (Lipinski definition) is 0. The average molecular weight is 276 g/mol. The molecule has 0 amide bonds. The molecule has 0 aromatic carbocycles. The number of aromatic nitrogens is 2. The van der Waals surface area contributed by atoms with Crippen LogP contribution in [0.5, 0.6) is 5.88 Å². The topological polar surface area (TPSA) is 87.4 Å². The second kappa shape index (κ2) is 6.46. The van der Waals surface area contributed by atoms with Gasteiger partial charge in [-0.1, -0.05) is 0 Å². The highest BCUT2D eigenvalue weighted by atomic mass is 35.5. The van der Waals surface area contributed by atoms with Crippen molar-refractivity contribution < 1.29 is 14.4 Å². The van der Waals surface area contributed by atoms with Crippen LogP contribution in [0.3, 0.4) is 0 Å². The summed E-state index contributed by atoms with van der Waals surface area (Å²) in [5.74, 6) is -0.135. The number of nitrogens with zero attached hydrogens (tertiary/aromatic N) is 3. The highest BCUT2D eigenvalue weighted by molar-refractivity contribution is 6.28. The molecular formula is C10H14ClN3O4. The van der Waals surface area contributed by atoms with E-state index in [1.54, 1.807) is 6.92 Å². The molecule has 1 aromatic heterocycles. The zero-order valence-corrected chi connectivity index (χ0v) is 11.1. The first-order valence-corrected chi connectivity index (χ1v) is 5.76. The Morgan fingerprint density at radius 1 is 1.50 bits per heavy atom. The van der Waals surface area contributed by atoms with Crippen LogP contribution in [0.25, 0.3) is 0 Å². The zero-order valence-electron chi connectivity index (χ0n) is 10.3. The van der Waals surface area contributed by atoms with Crippen molar-refractivity contribution in [3.63, 3.8) is 0 Å². The van der Waals surface area contributed by atoms with Gasteiger partial charge < -0.3 is 9.47 Å². The maximum Gasteiger partial charge on any atom is 0.352 e. The molecule has 0 radical (unpaired) electrons. The molecule has 0 saturated carbocycles. The molecule has 1 heterocycles. The lowest BCUT2D eigenvalue weighted by Crippen LogP contribution is -2.20. The lowest BCUT2D eigenvalue weighted by molar-refractivity contribution is -0.387. The van der Waals surface area contributed by atoms with Gasteiger partial charge >= 0.3 is 5.69 Å². The fourth-order valence-corrected chi connectivity index (χ4v) is 1.51. The third kappa shape index (κ3) is 3.78. The quantitative estimate of drug-likeness (QED) is 0.449. The van der Waals surface area contributed by atoms with Crippen molar-refractivity contribution >= 4 is 17.3 Å². The van der Waals surface area contributed by atoms with E-state index >= 15 is 0 Å². The largest absolute Gasteiger partial charge is 0.467 e. The molecule has 8 heteroatoms. The maximum absolute atomic E-state index is 10.9. The molecule has 0 bridgehead atoms. The second-order valence-electron chi connectivity index (χ2n) is 3.58. The van der Waals surface area contributed by atoms with Gasteiger partial charge in [0.05, 0.1) is 11.5 Å². The fraction of sp³-hybridized carbons (Fsp3) is 0.600. The van der Waals surface area contributed by atoms with Crippen molar-refractivity contribution in [2.75, 3.05) is 13.2 Å². The summed E-state index contributed by atoms with van der Waals surface area (Å²) in [4.78, 5) is 17.8. The van der Waals surface area contributed by atoms with Gasteiger partial charge in [-0.05, 0) is 32.4 Å². The SMILES string of the molecule is CCOCC(C)Oc1nc(Cl)nc(C)c1[N+](=O)[O-]. The number of halogens is 1. The van der Waals surface area contributed by atoms with E-state index < -0.39 is 4.92 Å². The Kier molecular flexibility index (Phi) is 5.24. The highest BCUT2D eigenvalue weighted by Gasteiger charge is 2.24. The lowest BCUT2D eigenvalue weighted by Gasteiger charge is -2.14. The van der Waals surface area contributed by atoms with Crippen LogP contribution >= 0.6 is 11.6 Å². The molecule has 100 valence electrons. The third-order valence-corrected chi connectivity index (χ3v) is 2.22. The summed E-state index contributed by atoms with van der Waals surface area (Å²) < 4.78 is 10.5. The minimum Gasteiger partial charge on any atom is -0.467 e. The molecular weight excluding hydrogens is 262 g/mol. The molecule has 0 aliphatic carbocycles. The Bertz CT molecular complexity index is 441. The molecule has 1 rings (SSSR count). The zero-order chi connectivity index (χ0) is 13.7. The first kappa shape index (κ1) is 14.6. The summed E-state index contributed by atoms with van der Waals surface area (Å²) in [6, 6.07) is 0. The molecule has 1 atom stereocenters. The summed E-state index contributed by atoms with van der Waals surface area (Å²) in [5.41, 5.74) is -0.110. The molecule has 0 spiro atoms.